The molecule has 2 fully saturated rings. The van der Waals surface area contributed by atoms with Crippen LogP contribution in [0, 0.1) is 0 Å². The number of likely N-dealkylation sites (tertiary alicyclic amines) is 1. The molecule has 2 saturated heterocycles. The minimum atomic E-state index is -0.455. The molecule has 1 N–H and O–H groups in total. The fraction of sp³-hybridized carbons (Fsp3) is 0.556. The number of methoxy groups -OCH3 is 1. The number of hydrogen-bond acceptors (Lipinski definition) is 6. The fourth-order valence-corrected chi connectivity index (χ4v) is 3.23. The van der Waals surface area contributed by atoms with E-state index in [9.17, 15) is 9.59 Å². The molecular weight excluding hydrogens is 324 g/mol. The summed E-state index contributed by atoms with van der Waals surface area (Å²) in [6.07, 6.45) is 1.86. The number of rotatable bonds is 5. The lowest BCUT2D eigenvalue weighted by molar-refractivity contribution is -0.187. The fourth-order valence-electron chi connectivity index (χ4n) is 3.23. The van der Waals surface area contributed by atoms with E-state index in [2.05, 4.69) is 5.32 Å². The molecule has 1 spiro atoms. The van der Waals surface area contributed by atoms with Gasteiger partial charge >= 0.3 is 5.97 Å². The first-order valence-electron chi connectivity index (χ1n) is 8.60. The molecule has 0 saturated carbocycles. The van der Waals surface area contributed by atoms with Crippen LogP contribution < -0.4 is 5.32 Å². The Bertz CT molecular complexity index is 618. The average molecular weight is 348 g/mol. The van der Waals surface area contributed by atoms with E-state index in [1.54, 1.807) is 18.2 Å². The summed E-state index contributed by atoms with van der Waals surface area (Å²) in [7, 11) is 1.35. The maximum Gasteiger partial charge on any atom is 0.337 e. The molecule has 2 heterocycles. The van der Waals surface area contributed by atoms with E-state index in [4.69, 9.17) is 14.2 Å². The first-order valence-corrected chi connectivity index (χ1v) is 8.60. The summed E-state index contributed by atoms with van der Waals surface area (Å²) >= 11 is 0. The molecule has 0 radical (unpaired) electrons. The number of ether oxygens (including phenoxy) is 3. The number of esters is 1. The minimum Gasteiger partial charge on any atom is -0.465 e. The highest BCUT2D eigenvalue weighted by atomic mass is 16.7. The predicted molar refractivity (Wildman–Crippen MR) is 91.3 cm³/mol. The lowest BCUT2D eigenvalue weighted by Crippen LogP contribution is -2.47. The van der Waals surface area contributed by atoms with Gasteiger partial charge < -0.3 is 24.4 Å². The molecule has 1 aromatic rings. The number of nitrogens with zero attached hydrogens (tertiary/aromatic N) is 1. The van der Waals surface area contributed by atoms with Crippen LogP contribution in [0.15, 0.2) is 24.3 Å². The molecule has 1 aromatic carbocycles. The highest BCUT2D eigenvalue weighted by molar-refractivity contribution is 5.90. The van der Waals surface area contributed by atoms with Crippen molar-refractivity contribution < 1.29 is 23.8 Å². The third-order valence-electron chi connectivity index (χ3n) is 4.64. The summed E-state index contributed by atoms with van der Waals surface area (Å²) in [5, 5.41) is 3.18. The van der Waals surface area contributed by atoms with Gasteiger partial charge in [-0.2, -0.15) is 0 Å². The van der Waals surface area contributed by atoms with Crippen molar-refractivity contribution in [2.75, 3.05) is 45.3 Å². The second kappa shape index (κ2) is 7.84. The quantitative estimate of drug-likeness (QED) is 0.815. The summed E-state index contributed by atoms with van der Waals surface area (Å²) < 4.78 is 16.1. The van der Waals surface area contributed by atoms with Gasteiger partial charge in [0.25, 0.3) is 0 Å². The van der Waals surface area contributed by atoms with Crippen LogP contribution in [0.2, 0.25) is 0 Å². The summed E-state index contributed by atoms with van der Waals surface area (Å²) in [6, 6.07) is 7.05. The van der Waals surface area contributed by atoms with Crippen LogP contribution in [0.4, 0.5) is 5.69 Å². The Kier molecular flexibility index (Phi) is 5.55. The van der Waals surface area contributed by atoms with Crippen molar-refractivity contribution in [3.05, 3.63) is 29.8 Å². The minimum absolute atomic E-state index is 0.115. The van der Waals surface area contributed by atoms with Gasteiger partial charge in [0, 0.05) is 44.6 Å². The van der Waals surface area contributed by atoms with E-state index in [-0.39, 0.29) is 11.9 Å². The Morgan fingerprint density at radius 2 is 1.96 bits per heavy atom. The number of benzene rings is 1. The second-order valence-corrected chi connectivity index (χ2v) is 6.24. The normalized spacial score (nSPS) is 19.0. The molecule has 7 nitrogen and oxygen atoms in total. The summed E-state index contributed by atoms with van der Waals surface area (Å²) in [5.74, 6) is -0.716. The largest absolute Gasteiger partial charge is 0.465 e. The van der Waals surface area contributed by atoms with Gasteiger partial charge in [0.2, 0.25) is 5.91 Å². The van der Waals surface area contributed by atoms with Crippen LogP contribution in [0.25, 0.3) is 0 Å². The van der Waals surface area contributed by atoms with E-state index < -0.39 is 5.79 Å². The van der Waals surface area contributed by atoms with Gasteiger partial charge in [-0.1, -0.05) is 6.07 Å². The zero-order chi connectivity index (χ0) is 17.7. The highest BCUT2D eigenvalue weighted by Crippen LogP contribution is 2.31. The zero-order valence-electron chi connectivity index (χ0n) is 14.5. The molecule has 2 aliphatic rings. The predicted octanol–water partition coefficient (Wildman–Crippen LogP) is 1.64. The average Bonchev–Trinajstić information content (AvgIpc) is 3.09. The smallest absolute Gasteiger partial charge is 0.337 e. The molecule has 0 aliphatic carbocycles. The van der Waals surface area contributed by atoms with Crippen LogP contribution in [0.5, 0.6) is 0 Å². The zero-order valence-corrected chi connectivity index (χ0v) is 14.5. The van der Waals surface area contributed by atoms with Crippen molar-refractivity contribution in [2.24, 2.45) is 0 Å². The van der Waals surface area contributed by atoms with Gasteiger partial charge in [0.15, 0.2) is 5.79 Å². The van der Waals surface area contributed by atoms with E-state index in [0.29, 0.717) is 44.8 Å². The maximum absolute atomic E-state index is 12.3. The van der Waals surface area contributed by atoms with Gasteiger partial charge in [-0.15, -0.1) is 0 Å². The molecule has 136 valence electrons. The molecule has 0 unspecified atom stereocenters. The van der Waals surface area contributed by atoms with Crippen molar-refractivity contribution in [1.29, 1.82) is 0 Å². The third-order valence-corrected chi connectivity index (χ3v) is 4.64. The van der Waals surface area contributed by atoms with Crippen LogP contribution in [-0.2, 0) is 19.0 Å². The Labute approximate surface area is 147 Å². The molecule has 0 bridgehead atoms. The Hall–Kier alpha value is -2.12. The summed E-state index contributed by atoms with van der Waals surface area (Å²) in [6.45, 7) is 3.12. The van der Waals surface area contributed by atoms with E-state index >= 15 is 0 Å². The number of hydrogen-bond donors (Lipinski definition) is 1. The monoisotopic (exact) mass is 348 g/mol. The molecule has 0 aromatic heterocycles. The second-order valence-electron chi connectivity index (χ2n) is 6.24. The van der Waals surface area contributed by atoms with Crippen LogP contribution in [0.3, 0.4) is 0 Å². The number of piperidine rings is 1. The first kappa shape index (κ1) is 17.7. The van der Waals surface area contributed by atoms with E-state index in [1.807, 2.05) is 11.0 Å². The number of anilines is 1. The van der Waals surface area contributed by atoms with Gasteiger partial charge in [-0.3, -0.25) is 4.79 Å². The number of carbonyl (C=O) groups is 2. The third kappa shape index (κ3) is 4.29. The van der Waals surface area contributed by atoms with Gasteiger partial charge in [-0.25, -0.2) is 4.79 Å². The van der Waals surface area contributed by atoms with Gasteiger partial charge in [0.05, 0.1) is 25.9 Å². The summed E-state index contributed by atoms with van der Waals surface area (Å²) in [5.41, 5.74) is 1.28. The Morgan fingerprint density at radius 3 is 2.64 bits per heavy atom. The van der Waals surface area contributed by atoms with Crippen molar-refractivity contribution in [3.8, 4) is 0 Å². The van der Waals surface area contributed by atoms with Crippen molar-refractivity contribution in [2.45, 2.75) is 25.0 Å². The standard InChI is InChI=1S/C18H24N2O5/c1-23-17(22)14-3-2-4-15(13-14)19-8-5-16(21)20-9-6-18(7-10-20)24-11-12-25-18/h2-4,13,19H,5-12H2,1H3. The molecule has 3 rings (SSSR count). The Morgan fingerprint density at radius 1 is 1.24 bits per heavy atom. The highest BCUT2D eigenvalue weighted by Gasteiger charge is 2.40. The van der Waals surface area contributed by atoms with Crippen molar-refractivity contribution in [1.82, 2.24) is 4.90 Å². The lowest BCUT2D eigenvalue weighted by atomic mass is 10.0. The lowest BCUT2D eigenvalue weighted by Gasteiger charge is -2.37. The number of amides is 1. The molecule has 0 atom stereocenters. The Balaban J connectivity index is 1.43. The topological polar surface area (TPSA) is 77.1 Å². The van der Waals surface area contributed by atoms with Crippen LogP contribution in [0.1, 0.15) is 29.6 Å². The summed E-state index contributed by atoms with van der Waals surface area (Å²) in [4.78, 5) is 25.7. The molecular formula is C18H24N2O5. The van der Waals surface area contributed by atoms with E-state index in [0.717, 1.165) is 18.5 Å². The number of carbonyl (C=O) groups excluding carboxylic acids is 2. The molecule has 7 heteroatoms. The van der Waals surface area contributed by atoms with Crippen molar-refractivity contribution in [3.63, 3.8) is 0 Å². The van der Waals surface area contributed by atoms with Gasteiger partial charge in [0.1, 0.15) is 0 Å². The molecule has 2 aliphatic heterocycles. The van der Waals surface area contributed by atoms with E-state index in [1.165, 1.54) is 7.11 Å². The SMILES string of the molecule is COC(=O)c1cccc(NCCC(=O)N2CCC3(CC2)OCCO3)c1. The number of nitrogens with one attached hydrogen (secondary N) is 1. The molecule has 25 heavy (non-hydrogen) atoms. The first-order chi connectivity index (χ1) is 12.1. The van der Waals surface area contributed by atoms with Gasteiger partial charge in [-0.05, 0) is 18.2 Å². The van der Waals surface area contributed by atoms with Crippen LogP contribution >= 0.6 is 0 Å². The van der Waals surface area contributed by atoms with Crippen molar-refractivity contribution >= 4 is 17.6 Å². The van der Waals surface area contributed by atoms with Crippen LogP contribution in [-0.4, -0.2) is 62.5 Å². The maximum atomic E-state index is 12.3. The molecule has 1 amide bonds.